The van der Waals surface area contributed by atoms with Crippen LogP contribution in [0.15, 0.2) is 24.3 Å². The smallest absolute Gasteiger partial charge is 0.308 e. The fraction of sp³-hybridized carbons (Fsp3) is 0.556. The number of hydrazine groups is 1. The molecule has 2 atom stereocenters. The molecule has 0 spiro atoms. The highest BCUT2D eigenvalue weighted by molar-refractivity contribution is 5.80. The number of benzene rings is 1. The maximum absolute atomic E-state index is 14.0. The monoisotopic (exact) mass is 349 g/mol. The number of carbonyl (C=O) groups is 2. The molecule has 2 aliphatic rings. The van der Waals surface area contributed by atoms with Crippen LogP contribution in [0.3, 0.4) is 0 Å². The van der Waals surface area contributed by atoms with E-state index in [1.54, 1.807) is 18.2 Å². The highest BCUT2D eigenvalue weighted by Crippen LogP contribution is 2.30. The van der Waals surface area contributed by atoms with Crippen LogP contribution in [0.1, 0.15) is 37.3 Å². The van der Waals surface area contributed by atoms with E-state index in [0.29, 0.717) is 37.8 Å². The van der Waals surface area contributed by atoms with Crippen LogP contribution in [-0.2, 0) is 14.3 Å². The molecule has 1 aromatic carbocycles. The van der Waals surface area contributed by atoms with Gasteiger partial charge in [0.2, 0.25) is 5.91 Å². The summed E-state index contributed by atoms with van der Waals surface area (Å²) in [7, 11) is 1.39. The van der Waals surface area contributed by atoms with Crippen molar-refractivity contribution < 1.29 is 18.7 Å². The Hall–Kier alpha value is -1.99. The first-order valence-electron chi connectivity index (χ1n) is 8.71. The van der Waals surface area contributed by atoms with Gasteiger partial charge in [0.1, 0.15) is 5.82 Å². The van der Waals surface area contributed by atoms with Crippen LogP contribution < -0.4 is 16.2 Å². The molecule has 1 saturated carbocycles. The first-order valence-corrected chi connectivity index (χ1v) is 8.71. The molecule has 25 heavy (non-hydrogen) atoms. The van der Waals surface area contributed by atoms with E-state index in [9.17, 15) is 14.0 Å². The lowest BCUT2D eigenvalue weighted by atomic mass is 9.81. The number of carbonyl (C=O) groups excluding carboxylic acids is 2. The summed E-state index contributed by atoms with van der Waals surface area (Å²) in [6, 6.07) is 6.04. The zero-order valence-electron chi connectivity index (χ0n) is 14.3. The summed E-state index contributed by atoms with van der Waals surface area (Å²) in [6.45, 7) is 0.530. The number of rotatable bonds is 4. The third-order valence-corrected chi connectivity index (χ3v) is 5.18. The lowest BCUT2D eigenvalue weighted by Crippen LogP contribution is -2.44. The van der Waals surface area contributed by atoms with Gasteiger partial charge in [0.25, 0.3) is 0 Å². The predicted octanol–water partition coefficient (Wildman–Crippen LogP) is 1.44. The van der Waals surface area contributed by atoms with E-state index in [1.165, 1.54) is 13.2 Å². The van der Waals surface area contributed by atoms with E-state index in [1.807, 2.05) is 0 Å². The second kappa shape index (κ2) is 7.93. The van der Waals surface area contributed by atoms with Gasteiger partial charge in [-0.25, -0.2) is 9.82 Å². The second-order valence-electron chi connectivity index (χ2n) is 6.71. The summed E-state index contributed by atoms with van der Waals surface area (Å²) >= 11 is 0. The molecule has 2 fully saturated rings. The number of halogens is 1. The molecule has 2 unspecified atom stereocenters. The molecule has 0 bridgehead atoms. The molecule has 1 amide bonds. The lowest BCUT2D eigenvalue weighted by Gasteiger charge is -2.28. The van der Waals surface area contributed by atoms with Gasteiger partial charge in [0, 0.05) is 18.0 Å². The van der Waals surface area contributed by atoms with Crippen LogP contribution in [-0.4, -0.2) is 31.6 Å². The molecule has 1 aliphatic heterocycles. The van der Waals surface area contributed by atoms with Crippen LogP contribution in [0.4, 0.5) is 4.39 Å². The summed E-state index contributed by atoms with van der Waals surface area (Å²) in [6.07, 6.45) is 2.68. The minimum absolute atomic E-state index is 0.0276. The molecule has 1 aromatic rings. The average molecular weight is 349 g/mol. The molecule has 7 heteroatoms. The number of esters is 1. The van der Waals surface area contributed by atoms with Crippen LogP contribution in [0.5, 0.6) is 0 Å². The van der Waals surface area contributed by atoms with Crippen molar-refractivity contribution in [3.63, 3.8) is 0 Å². The maximum Gasteiger partial charge on any atom is 0.308 e. The minimum Gasteiger partial charge on any atom is -0.469 e. The first-order chi connectivity index (χ1) is 12.1. The number of hydrogen-bond acceptors (Lipinski definition) is 5. The third-order valence-electron chi connectivity index (χ3n) is 5.18. The zero-order valence-corrected chi connectivity index (χ0v) is 14.3. The van der Waals surface area contributed by atoms with Gasteiger partial charge in [0.05, 0.1) is 25.1 Å². The SMILES string of the molecule is COC(=O)C1CCC(C(=O)NC2CNNC2c2ccccc2F)CC1. The summed E-state index contributed by atoms with van der Waals surface area (Å²) < 4.78 is 18.8. The molecule has 1 saturated heterocycles. The van der Waals surface area contributed by atoms with E-state index in [-0.39, 0.29) is 41.6 Å². The molecule has 3 rings (SSSR count). The van der Waals surface area contributed by atoms with E-state index in [0.717, 1.165) is 0 Å². The van der Waals surface area contributed by atoms with Gasteiger partial charge in [-0.1, -0.05) is 18.2 Å². The summed E-state index contributed by atoms with van der Waals surface area (Å²) in [5.41, 5.74) is 6.56. The van der Waals surface area contributed by atoms with Crippen molar-refractivity contribution in [2.24, 2.45) is 11.8 Å². The summed E-state index contributed by atoms with van der Waals surface area (Å²) in [4.78, 5) is 24.2. The first kappa shape index (κ1) is 17.8. The summed E-state index contributed by atoms with van der Waals surface area (Å²) in [5, 5.41) is 3.04. The van der Waals surface area contributed by atoms with Gasteiger partial charge in [-0.05, 0) is 31.7 Å². The molecule has 1 heterocycles. The fourth-order valence-electron chi connectivity index (χ4n) is 3.71. The number of ether oxygens (including phenoxy) is 1. The quantitative estimate of drug-likeness (QED) is 0.717. The molecule has 3 N–H and O–H groups in total. The predicted molar refractivity (Wildman–Crippen MR) is 89.7 cm³/mol. The highest BCUT2D eigenvalue weighted by atomic mass is 19.1. The fourth-order valence-corrected chi connectivity index (χ4v) is 3.71. The average Bonchev–Trinajstić information content (AvgIpc) is 3.09. The topological polar surface area (TPSA) is 79.5 Å². The van der Waals surface area contributed by atoms with Crippen LogP contribution in [0.25, 0.3) is 0 Å². The van der Waals surface area contributed by atoms with Crippen molar-refractivity contribution in [3.05, 3.63) is 35.6 Å². The van der Waals surface area contributed by atoms with Gasteiger partial charge in [0.15, 0.2) is 0 Å². The number of amides is 1. The van der Waals surface area contributed by atoms with Gasteiger partial charge in [-0.15, -0.1) is 0 Å². The van der Waals surface area contributed by atoms with Crippen molar-refractivity contribution in [3.8, 4) is 0 Å². The Bertz CT molecular complexity index is 632. The Morgan fingerprint density at radius 2 is 1.84 bits per heavy atom. The van der Waals surface area contributed by atoms with Gasteiger partial charge in [-0.2, -0.15) is 0 Å². The van der Waals surface area contributed by atoms with Gasteiger partial charge in [-0.3, -0.25) is 15.0 Å². The minimum atomic E-state index is -0.309. The Labute approximate surface area is 146 Å². The molecule has 0 radical (unpaired) electrons. The van der Waals surface area contributed by atoms with E-state index >= 15 is 0 Å². The second-order valence-corrected chi connectivity index (χ2v) is 6.71. The Kier molecular flexibility index (Phi) is 5.65. The van der Waals surface area contributed by atoms with E-state index < -0.39 is 0 Å². The number of hydrogen-bond donors (Lipinski definition) is 3. The molecule has 6 nitrogen and oxygen atoms in total. The Morgan fingerprint density at radius 3 is 2.52 bits per heavy atom. The highest BCUT2D eigenvalue weighted by Gasteiger charge is 2.35. The van der Waals surface area contributed by atoms with Gasteiger partial charge >= 0.3 is 5.97 Å². The third kappa shape index (κ3) is 3.99. The van der Waals surface area contributed by atoms with E-state index in [4.69, 9.17) is 4.74 Å². The number of methoxy groups -OCH3 is 1. The van der Waals surface area contributed by atoms with Crippen molar-refractivity contribution in [1.82, 2.24) is 16.2 Å². The lowest BCUT2D eigenvalue weighted by molar-refractivity contribution is -0.147. The van der Waals surface area contributed by atoms with Crippen molar-refractivity contribution in [2.45, 2.75) is 37.8 Å². The maximum atomic E-state index is 14.0. The van der Waals surface area contributed by atoms with E-state index in [2.05, 4.69) is 16.2 Å². The molecular formula is C18H24FN3O3. The molecular weight excluding hydrogens is 325 g/mol. The Morgan fingerprint density at radius 1 is 1.16 bits per heavy atom. The molecule has 136 valence electrons. The normalized spacial score (nSPS) is 29.2. The Balaban J connectivity index is 1.58. The van der Waals surface area contributed by atoms with Crippen LogP contribution >= 0.6 is 0 Å². The van der Waals surface area contributed by atoms with Crippen molar-refractivity contribution in [2.75, 3.05) is 13.7 Å². The summed E-state index contributed by atoms with van der Waals surface area (Å²) in [5.74, 6) is -0.720. The molecule has 1 aliphatic carbocycles. The molecule has 0 aromatic heterocycles. The largest absolute Gasteiger partial charge is 0.469 e. The van der Waals surface area contributed by atoms with Gasteiger partial charge < -0.3 is 10.1 Å². The standard InChI is InChI=1S/C18H24FN3O3/c1-25-18(24)12-8-6-11(7-9-12)17(23)21-15-10-20-22-16(15)13-4-2-3-5-14(13)19/h2-5,11-12,15-16,20,22H,6-10H2,1H3,(H,21,23). The zero-order chi connectivity index (χ0) is 17.8. The van der Waals surface area contributed by atoms with Crippen molar-refractivity contribution >= 4 is 11.9 Å². The van der Waals surface area contributed by atoms with Crippen molar-refractivity contribution in [1.29, 1.82) is 0 Å². The van der Waals surface area contributed by atoms with Crippen LogP contribution in [0.2, 0.25) is 0 Å². The van der Waals surface area contributed by atoms with Crippen LogP contribution in [0, 0.1) is 17.7 Å². The number of nitrogens with one attached hydrogen (secondary N) is 3.